The number of benzene rings is 2. The van der Waals surface area contributed by atoms with Crippen molar-refractivity contribution >= 4 is 17.3 Å². The fourth-order valence-corrected chi connectivity index (χ4v) is 2.28. The molecule has 2 aromatic carbocycles. The van der Waals surface area contributed by atoms with Crippen molar-refractivity contribution in [2.24, 2.45) is 0 Å². The zero-order chi connectivity index (χ0) is 15.2. The van der Waals surface area contributed by atoms with Gasteiger partial charge in [0.25, 0.3) is 0 Å². The minimum atomic E-state index is 0.117. The first-order valence-corrected chi connectivity index (χ1v) is 7.20. The molecule has 0 fully saturated rings. The maximum Gasteiger partial charge on any atom is 0.138 e. The van der Waals surface area contributed by atoms with Crippen LogP contribution in [0.2, 0.25) is 5.02 Å². The normalized spacial score (nSPS) is 11.5. The Morgan fingerprint density at radius 2 is 1.95 bits per heavy atom. The van der Waals surface area contributed by atoms with E-state index in [1.54, 1.807) is 0 Å². The second-order valence-electron chi connectivity index (χ2n) is 4.68. The number of nitriles is 1. The van der Waals surface area contributed by atoms with Gasteiger partial charge in [-0.05, 0) is 49.7 Å². The molecule has 0 aromatic heterocycles. The lowest BCUT2D eigenvalue weighted by Gasteiger charge is -2.17. The summed E-state index contributed by atoms with van der Waals surface area (Å²) in [5.74, 6) is 0.691. The monoisotopic (exact) mass is 300 g/mol. The van der Waals surface area contributed by atoms with Gasteiger partial charge in [-0.15, -0.1) is 0 Å². The van der Waals surface area contributed by atoms with Crippen LogP contribution in [0.5, 0.6) is 5.75 Å². The summed E-state index contributed by atoms with van der Waals surface area (Å²) in [6.07, 6.45) is 0. The molecule has 3 nitrogen and oxygen atoms in total. The summed E-state index contributed by atoms with van der Waals surface area (Å²) in [6, 6.07) is 15.4. The van der Waals surface area contributed by atoms with Crippen LogP contribution in [0.3, 0.4) is 0 Å². The molecule has 0 heterocycles. The van der Waals surface area contributed by atoms with Gasteiger partial charge in [-0.3, -0.25) is 0 Å². The highest BCUT2D eigenvalue weighted by Crippen LogP contribution is 2.29. The van der Waals surface area contributed by atoms with Crippen LogP contribution >= 0.6 is 11.6 Å². The van der Waals surface area contributed by atoms with Gasteiger partial charge in [-0.2, -0.15) is 5.26 Å². The molecule has 0 aliphatic heterocycles. The zero-order valence-electron chi connectivity index (χ0n) is 12.1. The van der Waals surface area contributed by atoms with E-state index in [-0.39, 0.29) is 6.04 Å². The minimum Gasteiger partial charge on any atom is -0.492 e. The Kier molecular flexibility index (Phi) is 5.08. The molecule has 0 aliphatic carbocycles. The topological polar surface area (TPSA) is 45.0 Å². The van der Waals surface area contributed by atoms with Crippen molar-refractivity contribution in [1.82, 2.24) is 0 Å². The largest absolute Gasteiger partial charge is 0.492 e. The summed E-state index contributed by atoms with van der Waals surface area (Å²) in [4.78, 5) is 0. The number of rotatable bonds is 5. The number of hydrogen-bond donors (Lipinski definition) is 1. The van der Waals surface area contributed by atoms with Crippen molar-refractivity contribution in [3.63, 3.8) is 0 Å². The van der Waals surface area contributed by atoms with E-state index in [0.717, 1.165) is 11.3 Å². The van der Waals surface area contributed by atoms with Gasteiger partial charge in [0, 0.05) is 11.7 Å². The van der Waals surface area contributed by atoms with E-state index in [1.165, 1.54) is 0 Å². The van der Waals surface area contributed by atoms with Crippen LogP contribution in [0, 0.1) is 11.3 Å². The maximum atomic E-state index is 8.81. The Bertz CT molecular complexity index is 647. The van der Waals surface area contributed by atoms with Crippen molar-refractivity contribution in [3.8, 4) is 11.8 Å². The molecule has 1 N–H and O–H groups in total. The number of hydrogen-bond acceptors (Lipinski definition) is 3. The number of halogens is 1. The molecule has 108 valence electrons. The van der Waals surface area contributed by atoms with E-state index >= 15 is 0 Å². The first-order valence-electron chi connectivity index (χ1n) is 6.83. The third-order valence-corrected chi connectivity index (χ3v) is 3.45. The fourth-order valence-electron chi connectivity index (χ4n) is 2.04. The second-order valence-corrected chi connectivity index (χ2v) is 5.09. The Hall–Kier alpha value is -2.18. The van der Waals surface area contributed by atoms with Crippen LogP contribution in [-0.2, 0) is 0 Å². The molecule has 1 atom stereocenters. The molecule has 0 amide bonds. The molecule has 2 rings (SSSR count). The van der Waals surface area contributed by atoms with Crippen LogP contribution in [-0.4, -0.2) is 6.61 Å². The van der Waals surface area contributed by atoms with Crippen LogP contribution in [0.25, 0.3) is 0 Å². The summed E-state index contributed by atoms with van der Waals surface area (Å²) >= 11 is 6.18. The molecule has 2 aromatic rings. The standard InChI is InChI=1S/C17H17ClN2O/c1-3-21-17-9-8-15(10-16(17)18)20-12(2)14-6-4-13(11-19)5-7-14/h4-10,12,20H,3H2,1-2H3. The number of nitrogens with zero attached hydrogens (tertiary/aromatic N) is 1. The highest BCUT2D eigenvalue weighted by atomic mass is 35.5. The van der Waals surface area contributed by atoms with E-state index in [2.05, 4.69) is 18.3 Å². The first kappa shape index (κ1) is 15.2. The molecule has 0 radical (unpaired) electrons. The Morgan fingerprint density at radius 3 is 2.52 bits per heavy atom. The molecule has 0 spiro atoms. The maximum absolute atomic E-state index is 8.81. The average molecular weight is 301 g/mol. The van der Waals surface area contributed by atoms with Gasteiger partial charge in [0.15, 0.2) is 0 Å². The van der Waals surface area contributed by atoms with Crippen LogP contribution < -0.4 is 10.1 Å². The smallest absolute Gasteiger partial charge is 0.138 e. The van der Waals surface area contributed by atoms with Crippen molar-refractivity contribution in [3.05, 3.63) is 58.6 Å². The van der Waals surface area contributed by atoms with Gasteiger partial charge < -0.3 is 10.1 Å². The lowest BCUT2D eigenvalue weighted by molar-refractivity contribution is 0.340. The van der Waals surface area contributed by atoms with Crippen molar-refractivity contribution in [1.29, 1.82) is 5.26 Å². The molecule has 0 saturated carbocycles. The third-order valence-electron chi connectivity index (χ3n) is 3.15. The van der Waals surface area contributed by atoms with Crippen LogP contribution in [0.4, 0.5) is 5.69 Å². The Labute approximate surface area is 130 Å². The SMILES string of the molecule is CCOc1ccc(NC(C)c2ccc(C#N)cc2)cc1Cl. The quantitative estimate of drug-likeness (QED) is 0.864. The molecule has 4 heteroatoms. The summed E-state index contributed by atoms with van der Waals surface area (Å²) in [7, 11) is 0. The minimum absolute atomic E-state index is 0.117. The lowest BCUT2D eigenvalue weighted by Crippen LogP contribution is -2.06. The third kappa shape index (κ3) is 3.90. The predicted octanol–water partition coefficient (Wildman–Crippen LogP) is 4.78. The average Bonchev–Trinajstić information content (AvgIpc) is 2.50. The summed E-state index contributed by atoms with van der Waals surface area (Å²) in [5.41, 5.74) is 2.70. The van der Waals surface area contributed by atoms with E-state index in [9.17, 15) is 0 Å². The van der Waals surface area contributed by atoms with Gasteiger partial charge in [0.05, 0.1) is 23.3 Å². The lowest BCUT2D eigenvalue weighted by atomic mass is 10.1. The molecule has 0 saturated heterocycles. The van der Waals surface area contributed by atoms with E-state index < -0.39 is 0 Å². The summed E-state index contributed by atoms with van der Waals surface area (Å²) in [5, 5.41) is 12.8. The fraction of sp³-hybridized carbons (Fsp3) is 0.235. The van der Waals surface area contributed by atoms with Gasteiger partial charge in [0.2, 0.25) is 0 Å². The Balaban J connectivity index is 2.09. The van der Waals surface area contributed by atoms with E-state index in [1.807, 2.05) is 49.4 Å². The van der Waals surface area contributed by atoms with Crippen LogP contribution in [0.1, 0.15) is 31.0 Å². The van der Waals surface area contributed by atoms with Crippen molar-refractivity contribution in [2.75, 3.05) is 11.9 Å². The summed E-state index contributed by atoms with van der Waals surface area (Å²) < 4.78 is 5.42. The van der Waals surface area contributed by atoms with Gasteiger partial charge >= 0.3 is 0 Å². The highest BCUT2D eigenvalue weighted by molar-refractivity contribution is 6.32. The van der Waals surface area contributed by atoms with Gasteiger partial charge in [-0.25, -0.2) is 0 Å². The predicted molar refractivity (Wildman–Crippen MR) is 85.8 cm³/mol. The van der Waals surface area contributed by atoms with E-state index in [4.69, 9.17) is 21.6 Å². The van der Waals surface area contributed by atoms with Crippen LogP contribution in [0.15, 0.2) is 42.5 Å². The molecule has 0 aliphatic rings. The van der Waals surface area contributed by atoms with Gasteiger partial charge in [0.1, 0.15) is 5.75 Å². The molecular formula is C17H17ClN2O. The highest BCUT2D eigenvalue weighted by Gasteiger charge is 2.07. The van der Waals surface area contributed by atoms with E-state index in [0.29, 0.717) is 22.9 Å². The zero-order valence-corrected chi connectivity index (χ0v) is 12.8. The number of anilines is 1. The summed E-state index contributed by atoms with van der Waals surface area (Å²) in [6.45, 7) is 4.58. The number of nitrogens with one attached hydrogen (secondary N) is 1. The first-order chi connectivity index (χ1) is 10.1. The number of ether oxygens (including phenoxy) is 1. The Morgan fingerprint density at radius 1 is 1.24 bits per heavy atom. The molecule has 0 bridgehead atoms. The second kappa shape index (κ2) is 7.01. The molecule has 21 heavy (non-hydrogen) atoms. The van der Waals surface area contributed by atoms with Crippen molar-refractivity contribution in [2.45, 2.75) is 19.9 Å². The van der Waals surface area contributed by atoms with Gasteiger partial charge in [-0.1, -0.05) is 23.7 Å². The van der Waals surface area contributed by atoms with Crippen molar-refractivity contribution < 1.29 is 4.74 Å². The molecular weight excluding hydrogens is 284 g/mol. The molecule has 1 unspecified atom stereocenters.